The quantitative estimate of drug-likeness (QED) is 0.849. The molecule has 0 aromatic carbocycles. The lowest BCUT2D eigenvalue weighted by Crippen LogP contribution is -2.42. The molecule has 0 fully saturated rings. The molecule has 0 aliphatic heterocycles. The van der Waals surface area contributed by atoms with Gasteiger partial charge in [0.1, 0.15) is 6.04 Å². The molecule has 0 radical (unpaired) electrons. The number of thiazole rings is 1. The van der Waals surface area contributed by atoms with Crippen molar-refractivity contribution in [1.82, 2.24) is 10.3 Å². The Morgan fingerprint density at radius 2 is 1.94 bits per heavy atom. The number of nitrogens with one attached hydrogen (secondary N) is 1. The molecule has 4 nitrogen and oxygen atoms in total. The fraction of sp³-hybridized carbons (Fsp3) is 0.667. The number of rotatable bonds is 5. The van der Waals surface area contributed by atoms with Gasteiger partial charge in [0.05, 0.1) is 10.7 Å². The summed E-state index contributed by atoms with van der Waals surface area (Å²) in [5, 5.41) is 13.3. The van der Waals surface area contributed by atoms with Gasteiger partial charge in [-0.15, -0.1) is 11.3 Å². The lowest BCUT2D eigenvalue weighted by molar-refractivity contribution is -0.140. The van der Waals surface area contributed by atoms with Gasteiger partial charge in [0, 0.05) is 10.9 Å². The molecule has 17 heavy (non-hydrogen) atoms. The zero-order valence-corrected chi connectivity index (χ0v) is 11.8. The highest BCUT2D eigenvalue weighted by atomic mass is 32.1. The van der Waals surface area contributed by atoms with Crippen LogP contribution in [0.4, 0.5) is 0 Å². The van der Waals surface area contributed by atoms with Gasteiger partial charge in [-0.25, -0.2) is 4.98 Å². The van der Waals surface area contributed by atoms with E-state index in [0.29, 0.717) is 0 Å². The van der Waals surface area contributed by atoms with Gasteiger partial charge in [0.25, 0.3) is 0 Å². The summed E-state index contributed by atoms with van der Waals surface area (Å²) in [5.41, 5.74) is 0.986. The number of hydrogen-bond acceptors (Lipinski definition) is 4. The third-order valence-electron chi connectivity index (χ3n) is 2.69. The van der Waals surface area contributed by atoms with Crippen LogP contribution in [-0.2, 0) is 4.79 Å². The molecule has 2 N–H and O–H groups in total. The number of aromatic nitrogens is 1. The number of carboxylic acids is 1. The third kappa shape index (κ3) is 3.51. The monoisotopic (exact) mass is 256 g/mol. The van der Waals surface area contributed by atoms with E-state index < -0.39 is 12.0 Å². The first-order chi connectivity index (χ1) is 7.82. The molecule has 0 saturated heterocycles. The molecular weight excluding hydrogens is 236 g/mol. The Morgan fingerprint density at radius 3 is 2.29 bits per heavy atom. The lowest BCUT2D eigenvalue weighted by Gasteiger charge is -2.22. The lowest BCUT2D eigenvalue weighted by atomic mass is 10.0. The molecular formula is C12H20N2O2S. The van der Waals surface area contributed by atoms with Crippen LogP contribution in [0.2, 0.25) is 0 Å². The van der Waals surface area contributed by atoms with Crippen molar-refractivity contribution in [3.63, 3.8) is 0 Å². The fourth-order valence-corrected chi connectivity index (χ4v) is 2.78. The van der Waals surface area contributed by atoms with Gasteiger partial charge in [0.2, 0.25) is 0 Å². The van der Waals surface area contributed by atoms with Gasteiger partial charge in [-0.05, 0) is 26.7 Å². The second-order valence-corrected chi connectivity index (χ2v) is 5.87. The van der Waals surface area contributed by atoms with Crippen molar-refractivity contribution in [3.8, 4) is 0 Å². The predicted molar refractivity (Wildman–Crippen MR) is 69.4 cm³/mol. The maximum absolute atomic E-state index is 11.1. The van der Waals surface area contributed by atoms with Crippen LogP contribution in [0.1, 0.15) is 42.4 Å². The molecule has 0 spiro atoms. The Kier molecular flexibility index (Phi) is 4.65. The normalized spacial score (nSPS) is 14.9. The first-order valence-electron chi connectivity index (χ1n) is 5.75. The van der Waals surface area contributed by atoms with Crippen molar-refractivity contribution in [2.75, 3.05) is 0 Å². The maximum Gasteiger partial charge on any atom is 0.320 e. The molecule has 1 aromatic heterocycles. The van der Waals surface area contributed by atoms with E-state index in [1.165, 1.54) is 0 Å². The molecule has 0 saturated carbocycles. The van der Waals surface area contributed by atoms with Crippen molar-refractivity contribution < 1.29 is 9.90 Å². The summed E-state index contributed by atoms with van der Waals surface area (Å²) < 4.78 is 0. The molecule has 1 heterocycles. The van der Waals surface area contributed by atoms with Gasteiger partial charge >= 0.3 is 5.97 Å². The number of nitrogens with zero attached hydrogens (tertiary/aromatic N) is 1. The number of aryl methyl sites for hydroxylation is 2. The number of carbonyl (C=O) groups is 1. The molecule has 2 unspecified atom stereocenters. The number of aliphatic carboxylic acids is 1. The highest BCUT2D eigenvalue weighted by molar-refractivity contribution is 7.11. The van der Waals surface area contributed by atoms with Crippen LogP contribution in [0.5, 0.6) is 0 Å². The van der Waals surface area contributed by atoms with E-state index in [9.17, 15) is 4.79 Å². The summed E-state index contributed by atoms with van der Waals surface area (Å²) in [5.74, 6) is -0.741. The zero-order chi connectivity index (χ0) is 13.2. The Balaban J connectivity index is 2.80. The highest BCUT2D eigenvalue weighted by Crippen LogP contribution is 2.25. The van der Waals surface area contributed by atoms with E-state index in [-0.39, 0.29) is 12.0 Å². The summed E-state index contributed by atoms with van der Waals surface area (Å²) in [4.78, 5) is 16.6. The summed E-state index contributed by atoms with van der Waals surface area (Å²) in [6.45, 7) is 9.72. The van der Waals surface area contributed by atoms with Crippen LogP contribution < -0.4 is 5.32 Å². The topological polar surface area (TPSA) is 62.2 Å². The fourth-order valence-electron chi connectivity index (χ4n) is 1.84. The first kappa shape index (κ1) is 14.1. The van der Waals surface area contributed by atoms with E-state index in [1.54, 1.807) is 11.3 Å². The summed E-state index contributed by atoms with van der Waals surface area (Å²) >= 11 is 1.62. The van der Waals surface area contributed by atoms with Crippen molar-refractivity contribution in [2.45, 2.75) is 46.7 Å². The minimum Gasteiger partial charge on any atom is -0.480 e. The molecule has 5 heteroatoms. The van der Waals surface area contributed by atoms with Crippen LogP contribution in [0.15, 0.2) is 0 Å². The Bertz CT molecular complexity index is 401. The smallest absolute Gasteiger partial charge is 0.320 e. The van der Waals surface area contributed by atoms with Crippen molar-refractivity contribution in [2.24, 2.45) is 5.92 Å². The van der Waals surface area contributed by atoms with Gasteiger partial charge in [-0.2, -0.15) is 0 Å². The van der Waals surface area contributed by atoms with Crippen molar-refractivity contribution >= 4 is 17.3 Å². The molecule has 0 bridgehead atoms. The molecule has 0 aliphatic rings. The van der Waals surface area contributed by atoms with Crippen LogP contribution in [-0.4, -0.2) is 22.1 Å². The second-order valence-electron chi connectivity index (χ2n) is 4.63. The molecule has 1 rings (SSSR count). The van der Waals surface area contributed by atoms with Crippen LogP contribution in [0.25, 0.3) is 0 Å². The van der Waals surface area contributed by atoms with Gasteiger partial charge in [-0.1, -0.05) is 13.8 Å². The summed E-state index contributed by atoms with van der Waals surface area (Å²) in [7, 11) is 0. The number of carboxylic acid groups (broad SMARTS) is 1. The molecule has 0 amide bonds. The van der Waals surface area contributed by atoms with Crippen molar-refractivity contribution in [1.29, 1.82) is 0 Å². The molecule has 0 aliphatic carbocycles. The van der Waals surface area contributed by atoms with Crippen LogP contribution >= 0.6 is 11.3 Å². The Morgan fingerprint density at radius 1 is 1.35 bits per heavy atom. The SMILES string of the molecule is Cc1nc(C)c(C(C)NC(C(=O)O)C(C)C)s1. The van der Waals surface area contributed by atoms with Crippen LogP contribution in [0.3, 0.4) is 0 Å². The second kappa shape index (κ2) is 5.60. The number of hydrogen-bond donors (Lipinski definition) is 2. The first-order valence-corrected chi connectivity index (χ1v) is 6.57. The largest absolute Gasteiger partial charge is 0.480 e. The average molecular weight is 256 g/mol. The predicted octanol–water partition coefficient (Wildman–Crippen LogP) is 2.52. The van der Waals surface area contributed by atoms with E-state index in [1.807, 2.05) is 34.6 Å². The van der Waals surface area contributed by atoms with Gasteiger partial charge in [0.15, 0.2) is 0 Å². The van der Waals surface area contributed by atoms with E-state index in [0.717, 1.165) is 15.6 Å². The summed E-state index contributed by atoms with van der Waals surface area (Å²) in [6, 6.07) is -0.503. The van der Waals surface area contributed by atoms with E-state index >= 15 is 0 Å². The van der Waals surface area contributed by atoms with Gasteiger partial charge in [-0.3, -0.25) is 10.1 Å². The molecule has 2 atom stereocenters. The van der Waals surface area contributed by atoms with E-state index in [4.69, 9.17) is 5.11 Å². The highest BCUT2D eigenvalue weighted by Gasteiger charge is 2.24. The molecule has 96 valence electrons. The minimum absolute atomic E-state index is 0.0182. The minimum atomic E-state index is -0.800. The Labute approximate surface area is 106 Å². The standard InChI is InChI=1S/C12H20N2O2S/c1-6(2)10(12(15)16)14-8(4)11-7(3)13-9(5)17-11/h6,8,10,14H,1-5H3,(H,15,16). The zero-order valence-electron chi connectivity index (χ0n) is 10.9. The van der Waals surface area contributed by atoms with Gasteiger partial charge < -0.3 is 5.11 Å². The maximum atomic E-state index is 11.1. The van der Waals surface area contributed by atoms with Crippen molar-refractivity contribution in [3.05, 3.63) is 15.6 Å². The molecule has 1 aromatic rings. The Hall–Kier alpha value is -0.940. The van der Waals surface area contributed by atoms with Crippen LogP contribution in [0, 0.1) is 19.8 Å². The average Bonchev–Trinajstić information content (AvgIpc) is 2.53. The summed E-state index contributed by atoms with van der Waals surface area (Å²) in [6.07, 6.45) is 0. The van der Waals surface area contributed by atoms with E-state index in [2.05, 4.69) is 10.3 Å². The third-order valence-corrected chi connectivity index (χ3v) is 3.95.